The van der Waals surface area contributed by atoms with Crippen LogP contribution in [0, 0.1) is 5.41 Å². The number of carbonyl (C=O) groups is 2. The molecular weight excluding hydrogens is 504 g/mol. The van der Waals surface area contributed by atoms with Crippen LogP contribution in [0.15, 0.2) is 72.8 Å². The highest BCUT2D eigenvalue weighted by molar-refractivity contribution is 7.13. The van der Waals surface area contributed by atoms with Crippen molar-refractivity contribution in [1.29, 1.82) is 0 Å². The summed E-state index contributed by atoms with van der Waals surface area (Å²) >= 11 is 1.58. The van der Waals surface area contributed by atoms with Gasteiger partial charge in [0.05, 0.1) is 11.2 Å². The van der Waals surface area contributed by atoms with Crippen molar-refractivity contribution in [2.45, 2.75) is 26.7 Å². The van der Waals surface area contributed by atoms with Gasteiger partial charge in [-0.05, 0) is 53.7 Å². The number of Topliss-reactive ketones (excluding diaryl/α,β-unsaturated/α-hetero) is 1. The zero-order valence-corrected chi connectivity index (χ0v) is 23.4. The van der Waals surface area contributed by atoms with E-state index in [4.69, 9.17) is 4.37 Å². The fraction of sp³-hybridized carbons (Fsp3) is 0.344. The Kier molecular flexibility index (Phi) is 6.95. The molecule has 0 radical (unpaired) electrons. The molecule has 3 heterocycles. The van der Waals surface area contributed by atoms with E-state index in [0.717, 1.165) is 56.2 Å². The smallest absolute Gasteiger partial charge is 0.233 e. The Hall–Kier alpha value is -3.55. The standard InChI is InChI=1S/C32H34N4O2S/c1-32(2)21-25-20-23(12-13-27(25)36(31(32)38)22-28(37)24-8-4-3-5-9-24)14-15-34-16-18-35(19-17-34)30-26-10-6-7-11-29(26)39-33-30/h3-13,20H,14-19,21-22H2,1-2H3. The summed E-state index contributed by atoms with van der Waals surface area (Å²) in [5, 5.41) is 1.26. The topological polar surface area (TPSA) is 56.8 Å². The van der Waals surface area contributed by atoms with E-state index in [0.29, 0.717) is 12.0 Å². The lowest BCUT2D eigenvalue weighted by Crippen LogP contribution is -2.48. The van der Waals surface area contributed by atoms with Crippen molar-refractivity contribution in [2.24, 2.45) is 5.41 Å². The van der Waals surface area contributed by atoms with Crippen LogP contribution in [0.3, 0.4) is 0 Å². The summed E-state index contributed by atoms with van der Waals surface area (Å²) in [6.45, 7) is 9.05. The number of nitrogens with zero attached hydrogens (tertiary/aromatic N) is 4. The number of fused-ring (bicyclic) bond motifs is 2. The van der Waals surface area contributed by atoms with Gasteiger partial charge in [0.1, 0.15) is 5.82 Å². The maximum Gasteiger partial charge on any atom is 0.233 e. The largest absolute Gasteiger partial charge is 0.353 e. The van der Waals surface area contributed by atoms with Crippen molar-refractivity contribution in [1.82, 2.24) is 9.27 Å². The third kappa shape index (κ3) is 5.21. The van der Waals surface area contributed by atoms with E-state index in [2.05, 4.69) is 46.2 Å². The van der Waals surface area contributed by atoms with Crippen LogP contribution in [0.25, 0.3) is 10.1 Å². The summed E-state index contributed by atoms with van der Waals surface area (Å²) in [5.41, 5.74) is 3.39. The van der Waals surface area contributed by atoms with Gasteiger partial charge in [0.15, 0.2) is 5.78 Å². The molecule has 7 heteroatoms. The number of amides is 1. The second kappa shape index (κ2) is 10.5. The van der Waals surface area contributed by atoms with Crippen LogP contribution in [0.2, 0.25) is 0 Å². The molecule has 1 aromatic heterocycles. The van der Waals surface area contributed by atoms with Gasteiger partial charge in [-0.15, -0.1) is 0 Å². The molecular formula is C32H34N4O2S. The molecule has 0 N–H and O–H groups in total. The Balaban J connectivity index is 1.11. The average molecular weight is 539 g/mol. The van der Waals surface area contributed by atoms with Gasteiger partial charge in [-0.2, -0.15) is 4.37 Å². The van der Waals surface area contributed by atoms with E-state index < -0.39 is 5.41 Å². The molecule has 0 unspecified atom stereocenters. The molecule has 1 amide bonds. The molecule has 6 rings (SSSR count). The fourth-order valence-electron chi connectivity index (χ4n) is 5.81. The minimum absolute atomic E-state index is 0.0118. The number of rotatable bonds is 7. The van der Waals surface area contributed by atoms with Gasteiger partial charge >= 0.3 is 0 Å². The second-order valence-corrected chi connectivity index (χ2v) is 12.1. The molecule has 200 valence electrons. The third-order valence-corrected chi connectivity index (χ3v) is 8.85. The van der Waals surface area contributed by atoms with Crippen molar-refractivity contribution in [3.05, 3.63) is 89.5 Å². The number of ketones is 1. The summed E-state index contributed by atoms with van der Waals surface area (Å²) in [5.74, 6) is 1.09. The average Bonchev–Trinajstić information content (AvgIpc) is 3.39. The van der Waals surface area contributed by atoms with Crippen LogP contribution in [0.1, 0.15) is 35.3 Å². The first-order valence-electron chi connectivity index (χ1n) is 13.7. The molecule has 4 aromatic rings. The number of piperazine rings is 1. The monoisotopic (exact) mass is 538 g/mol. The molecule has 39 heavy (non-hydrogen) atoms. The van der Waals surface area contributed by atoms with Crippen molar-refractivity contribution in [3.8, 4) is 0 Å². The van der Waals surface area contributed by atoms with E-state index >= 15 is 0 Å². The van der Waals surface area contributed by atoms with Crippen molar-refractivity contribution in [3.63, 3.8) is 0 Å². The molecule has 6 nitrogen and oxygen atoms in total. The molecule has 0 saturated carbocycles. The summed E-state index contributed by atoms with van der Waals surface area (Å²) in [7, 11) is 0. The van der Waals surface area contributed by atoms with Crippen molar-refractivity contribution >= 4 is 44.8 Å². The van der Waals surface area contributed by atoms with Crippen LogP contribution < -0.4 is 9.80 Å². The molecule has 2 aliphatic rings. The fourth-order valence-corrected chi connectivity index (χ4v) is 6.61. The Labute approximate surface area is 234 Å². The molecule has 2 aliphatic heterocycles. The van der Waals surface area contributed by atoms with Crippen LogP contribution in [-0.2, 0) is 17.6 Å². The lowest BCUT2D eigenvalue weighted by Gasteiger charge is -2.38. The maximum atomic E-state index is 13.3. The SMILES string of the molecule is CC1(C)Cc2cc(CCN3CCN(c4nsc5ccccc45)CC3)ccc2N(CC(=O)c2ccccc2)C1=O. The van der Waals surface area contributed by atoms with Gasteiger partial charge in [-0.25, -0.2) is 0 Å². The van der Waals surface area contributed by atoms with E-state index in [-0.39, 0.29) is 18.2 Å². The summed E-state index contributed by atoms with van der Waals surface area (Å²) in [6.07, 6.45) is 1.65. The van der Waals surface area contributed by atoms with E-state index in [1.54, 1.807) is 16.4 Å². The maximum absolute atomic E-state index is 13.3. The summed E-state index contributed by atoms with van der Waals surface area (Å²) in [4.78, 5) is 33.0. The van der Waals surface area contributed by atoms with Gasteiger partial charge < -0.3 is 9.80 Å². The highest BCUT2D eigenvalue weighted by Gasteiger charge is 2.39. The Morgan fingerprint density at radius 3 is 2.49 bits per heavy atom. The highest BCUT2D eigenvalue weighted by atomic mass is 32.1. The molecule has 0 spiro atoms. The third-order valence-electron chi connectivity index (χ3n) is 8.04. The minimum Gasteiger partial charge on any atom is -0.353 e. The molecule has 0 atom stereocenters. The predicted octanol–water partition coefficient (Wildman–Crippen LogP) is 5.46. The number of aromatic nitrogens is 1. The highest BCUT2D eigenvalue weighted by Crippen LogP contribution is 2.38. The molecule has 0 aliphatic carbocycles. The lowest BCUT2D eigenvalue weighted by molar-refractivity contribution is -0.127. The number of carbonyl (C=O) groups excluding carboxylic acids is 2. The van der Waals surface area contributed by atoms with E-state index in [1.807, 2.05) is 50.2 Å². The van der Waals surface area contributed by atoms with Gasteiger partial charge in [0.25, 0.3) is 0 Å². The predicted molar refractivity (Wildman–Crippen MR) is 159 cm³/mol. The second-order valence-electron chi connectivity index (χ2n) is 11.3. The molecule has 0 bridgehead atoms. The quantitative estimate of drug-likeness (QED) is 0.293. The van der Waals surface area contributed by atoms with Crippen molar-refractivity contribution in [2.75, 3.05) is 49.1 Å². The first kappa shape index (κ1) is 25.7. The zero-order valence-electron chi connectivity index (χ0n) is 22.6. The number of hydrogen-bond acceptors (Lipinski definition) is 6. The molecule has 1 saturated heterocycles. The number of anilines is 2. The van der Waals surface area contributed by atoms with E-state index in [9.17, 15) is 9.59 Å². The Morgan fingerprint density at radius 1 is 0.949 bits per heavy atom. The first-order valence-corrected chi connectivity index (χ1v) is 14.5. The summed E-state index contributed by atoms with van der Waals surface area (Å²) < 4.78 is 5.98. The molecule has 1 fully saturated rings. The lowest BCUT2D eigenvalue weighted by atomic mass is 9.79. The van der Waals surface area contributed by atoms with Crippen LogP contribution >= 0.6 is 11.5 Å². The Morgan fingerprint density at radius 2 is 1.69 bits per heavy atom. The Bertz CT molecular complexity index is 1510. The van der Waals surface area contributed by atoms with Crippen LogP contribution in [0.4, 0.5) is 11.5 Å². The van der Waals surface area contributed by atoms with Gasteiger partial charge in [-0.3, -0.25) is 14.5 Å². The zero-order chi connectivity index (χ0) is 27.0. The van der Waals surface area contributed by atoms with Crippen LogP contribution in [-0.4, -0.2) is 60.2 Å². The van der Waals surface area contributed by atoms with Crippen molar-refractivity contribution < 1.29 is 9.59 Å². The van der Waals surface area contributed by atoms with E-state index in [1.165, 1.54) is 15.6 Å². The first-order chi connectivity index (χ1) is 18.9. The summed E-state index contributed by atoms with van der Waals surface area (Å²) in [6, 6.07) is 24.1. The van der Waals surface area contributed by atoms with Gasteiger partial charge in [0.2, 0.25) is 5.91 Å². The van der Waals surface area contributed by atoms with Gasteiger partial charge in [0, 0.05) is 54.8 Å². The number of benzene rings is 3. The minimum atomic E-state index is -0.543. The van der Waals surface area contributed by atoms with Crippen LogP contribution in [0.5, 0.6) is 0 Å². The van der Waals surface area contributed by atoms with Gasteiger partial charge in [-0.1, -0.05) is 68.4 Å². The normalized spacial score (nSPS) is 17.4. The number of hydrogen-bond donors (Lipinski definition) is 0. The molecule has 3 aromatic carbocycles.